The first-order valence-corrected chi connectivity index (χ1v) is 6.68. The molecule has 2 aromatic rings. The van der Waals surface area contributed by atoms with E-state index in [0.29, 0.717) is 11.1 Å². The fourth-order valence-electron chi connectivity index (χ4n) is 2.36. The van der Waals surface area contributed by atoms with Crippen molar-refractivity contribution in [3.05, 3.63) is 83.1 Å². The predicted octanol–water partition coefficient (Wildman–Crippen LogP) is 5.16. The molecule has 2 aromatic carbocycles. The van der Waals surface area contributed by atoms with Gasteiger partial charge in [0.05, 0.1) is 6.04 Å². The average Bonchev–Trinajstić information content (AvgIpc) is 2.65. The normalized spacial score (nSPS) is 25.9. The van der Waals surface area contributed by atoms with E-state index >= 15 is 0 Å². The molecule has 0 aromatic heterocycles. The first-order chi connectivity index (χ1) is 13.8. The summed E-state index contributed by atoms with van der Waals surface area (Å²) >= 11 is 0. The minimum absolute atomic E-state index is 0.187. The molecule has 0 aliphatic carbocycles. The Morgan fingerprint density at radius 2 is 1.81 bits per heavy atom. The number of hydrogen-bond acceptors (Lipinski definition) is 1. The Labute approximate surface area is 139 Å². The maximum absolute atomic E-state index is 7.85. The van der Waals surface area contributed by atoms with Crippen LogP contribution >= 0.6 is 0 Å². The van der Waals surface area contributed by atoms with E-state index in [9.17, 15) is 0 Å². The van der Waals surface area contributed by atoms with Crippen LogP contribution in [0.25, 0.3) is 11.1 Å². The lowest BCUT2D eigenvalue weighted by molar-refractivity contribution is 0.730. The Hall–Kier alpha value is -2.28. The van der Waals surface area contributed by atoms with Crippen molar-refractivity contribution in [1.82, 2.24) is 5.32 Å². The van der Waals surface area contributed by atoms with Crippen molar-refractivity contribution in [2.45, 2.75) is 26.6 Å². The molecule has 1 atom stereocenters. The van der Waals surface area contributed by atoms with E-state index in [4.69, 9.17) is 12.3 Å². The summed E-state index contributed by atoms with van der Waals surface area (Å²) in [6, 6.07) is 13.3. The number of aryl methyl sites for hydroxylation is 1. The van der Waals surface area contributed by atoms with Gasteiger partial charge in [0.1, 0.15) is 0 Å². The van der Waals surface area contributed by atoms with Gasteiger partial charge in [-0.25, -0.2) is 0 Å². The summed E-state index contributed by atoms with van der Waals surface area (Å²) in [6.45, 7) is -7.49. The molecule has 106 valence electrons. The van der Waals surface area contributed by atoms with Gasteiger partial charge in [0.2, 0.25) is 0 Å². The smallest absolute Gasteiger partial charge is 0.0698 e. The van der Waals surface area contributed by atoms with Crippen molar-refractivity contribution in [1.29, 1.82) is 0 Å². The van der Waals surface area contributed by atoms with Crippen molar-refractivity contribution in [3.8, 4) is 11.1 Å². The molecule has 1 unspecified atom stereocenters. The second-order valence-electron chi connectivity index (χ2n) is 4.95. The zero-order valence-electron chi connectivity index (χ0n) is 20.4. The van der Waals surface area contributed by atoms with Crippen molar-refractivity contribution in [3.63, 3.8) is 0 Å². The molecule has 0 fully saturated rings. The molecule has 1 nitrogen and oxygen atoms in total. The van der Waals surface area contributed by atoms with Crippen molar-refractivity contribution < 1.29 is 12.3 Å². The fraction of sp³-hybridized carbons (Fsp3) is 0.200. The summed E-state index contributed by atoms with van der Waals surface area (Å²) in [7, 11) is 0. The summed E-state index contributed by atoms with van der Waals surface area (Å²) in [5, 5.41) is 2.94. The second-order valence-corrected chi connectivity index (χ2v) is 4.95. The largest absolute Gasteiger partial charge is 0.380 e. The second kappa shape index (κ2) is 5.61. The molecule has 0 amide bonds. The Bertz CT molecular complexity index is 980. The van der Waals surface area contributed by atoms with Gasteiger partial charge < -0.3 is 5.32 Å². The summed E-state index contributed by atoms with van der Waals surface area (Å²) in [5.41, 5.74) is 1.58. The lowest BCUT2D eigenvalue weighted by atomic mass is 9.93. The third-order valence-electron chi connectivity index (χ3n) is 3.52. The van der Waals surface area contributed by atoms with Gasteiger partial charge >= 0.3 is 0 Å². The van der Waals surface area contributed by atoms with Crippen LogP contribution in [0.4, 0.5) is 0 Å². The van der Waals surface area contributed by atoms with Crippen LogP contribution in [0, 0.1) is 6.85 Å². The summed E-state index contributed by atoms with van der Waals surface area (Å²) in [5.74, 6) is 0. The summed E-state index contributed by atoms with van der Waals surface area (Å²) < 4.78 is 69.7. The zero-order chi connectivity index (χ0) is 22.3. The van der Waals surface area contributed by atoms with Gasteiger partial charge in [-0.3, -0.25) is 0 Å². The first-order valence-electron chi connectivity index (χ1n) is 11.2. The molecule has 0 saturated heterocycles. The monoisotopic (exact) mass is 284 g/mol. The highest BCUT2D eigenvalue weighted by molar-refractivity contribution is 5.68. The molecule has 1 N–H and O–H groups in total. The number of benzene rings is 2. The van der Waals surface area contributed by atoms with Gasteiger partial charge in [-0.2, -0.15) is 0 Å². The fourth-order valence-corrected chi connectivity index (χ4v) is 2.36. The van der Waals surface area contributed by atoms with Crippen molar-refractivity contribution in [2.24, 2.45) is 0 Å². The third kappa shape index (κ3) is 2.78. The van der Waals surface area contributed by atoms with Crippen LogP contribution in [-0.2, 0) is 0 Å². The van der Waals surface area contributed by atoms with Crippen LogP contribution in [0.2, 0.25) is 0 Å². The van der Waals surface area contributed by atoms with Crippen molar-refractivity contribution >= 4 is 0 Å². The van der Waals surface area contributed by atoms with Crippen LogP contribution in [0.15, 0.2) is 72.0 Å². The Morgan fingerprint density at radius 3 is 2.57 bits per heavy atom. The van der Waals surface area contributed by atoms with Gasteiger partial charge in [0.15, 0.2) is 0 Å². The molecule has 1 aliphatic rings. The lowest BCUT2D eigenvalue weighted by Crippen LogP contribution is -2.18. The van der Waals surface area contributed by atoms with Gasteiger partial charge in [0, 0.05) is 18.5 Å². The maximum atomic E-state index is 7.85. The quantitative estimate of drug-likeness (QED) is 0.803. The van der Waals surface area contributed by atoms with Crippen LogP contribution in [0.1, 0.15) is 43.2 Å². The minimum Gasteiger partial charge on any atom is -0.380 e. The minimum atomic E-state index is -2.60. The highest BCUT2D eigenvalue weighted by Gasteiger charge is 2.13. The standard InChI is InChI=1S/C20H21N/c1-14-9-10-18(20-11-15(2)16(3)13-21-20)12-19(14)17-7-5-4-6-8-17/h4-13,20-21H,1-3H3/i1D3,2D3,3D3. The van der Waals surface area contributed by atoms with E-state index in [0.717, 1.165) is 5.56 Å². The topological polar surface area (TPSA) is 12.0 Å². The molecule has 1 heterocycles. The molecule has 3 rings (SSSR count). The van der Waals surface area contributed by atoms with Gasteiger partial charge in [-0.1, -0.05) is 48.5 Å². The van der Waals surface area contributed by atoms with E-state index in [1.807, 2.05) is 18.2 Å². The predicted molar refractivity (Wildman–Crippen MR) is 90.0 cm³/mol. The van der Waals surface area contributed by atoms with E-state index in [1.54, 1.807) is 24.3 Å². The van der Waals surface area contributed by atoms with E-state index in [1.165, 1.54) is 18.3 Å². The van der Waals surface area contributed by atoms with Crippen LogP contribution in [0.5, 0.6) is 0 Å². The Balaban J connectivity index is 2.11. The number of nitrogens with one attached hydrogen (secondary N) is 1. The Kier molecular flexibility index (Phi) is 1.78. The molecule has 1 aliphatic heterocycles. The van der Waals surface area contributed by atoms with Gasteiger partial charge in [-0.15, -0.1) is 0 Å². The molecular weight excluding hydrogens is 254 g/mol. The van der Waals surface area contributed by atoms with E-state index < -0.39 is 26.6 Å². The zero-order valence-corrected chi connectivity index (χ0v) is 11.4. The average molecular weight is 284 g/mol. The van der Waals surface area contributed by atoms with Crippen LogP contribution < -0.4 is 5.32 Å². The maximum Gasteiger partial charge on any atom is 0.0698 e. The highest BCUT2D eigenvalue weighted by Crippen LogP contribution is 2.29. The molecule has 0 radical (unpaired) electrons. The van der Waals surface area contributed by atoms with E-state index in [-0.39, 0.29) is 16.7 Å². The number of hydrogen-bond donors (Lipinski definition) is 1. The third-order valence-corrected chi connectivity index (χ3v) is 3.52. The number of allylic oxidation sites excluding steroid dienone is 2. The van der Waals surface area contributed by atoms with Crippen LogP contribution in [-0.4, -0.2) is 0 Å². The molecule has 0 saturated carbocycles. The number of rotatable bonds is 2. The molecular formula is C20H21N. The SMILES string of the molecule is [2H]C([2H])([2H])C1=CNC(c2ccc(C([2H])([2H])[2H])c(-c3ccccc3)c2)C=C1C([2H])([2H])[2H]. The Morgan fingerprint density at radius 1 is 0.952 bits per heavy atom. The van der Waals surface area contributed by atoms with Gasteiger partial charge in [-0.05, 0) is 60.0 Å². The first kappa shape index (κ1) is 6.65. The summed E-state index contributed by atoms with van der Waals surface area (Å²) in [6.07, 6.45) is 2.60. The van der Waals surface area contributed by atoms with Crippen molar-refractivity contribution in [2.75, 3.05) is 0 Å². The highest BCUT2D eigenvalue weighted by atomic mass is 14.9. The number of dihydropyridines is 1. The lowest BCUT2D eigenvalue weighted by Gasteiger charge is -2.22. The van der Waals surface area contributed by atoms with Gasteiger partial charge in [0.25, 0.3) is 0 Å². The van der Waals surface area contributed by atoms with Crippen LogP contribution in [0.3, 0.4) is 0 Å². The molecule has 21 heavy (non-hydrogen) atoms. The van der Waals surface area contributed by atoms with E-state index in [2.05, 4.69) is 5.32 Å². The molecule has 0 spiro atoms. The molecule has 1 heteroatoms. The molecule has 0 bridgehead atoms. The summed E-state index contributed by atoms with van der Waals surface area (Å²) in [4.78, 5) is 0.